The minimum Gasteiger partial charge on any atom is -0.370 e. The van der Waals surface area contributed by atoms with Gasteiger partial charge in [-0.15, -0.1) is 0 Å². The van der Waals surface area contributed by atoms with Crippen LogP contribution >= 0.6 is 12.0 Å². The summed E-state index contributed by atoms with van der Waals surface area (Å²) in [5.74, 6) is 0. The van der Waals surface area contributed by atoms with Crippen molar-refractivity contribution in [3.05, 3.63) is 30.3 Å². The van der Waals surface area contributed by atoms with Gasteiger partial charge in [0, 0.05) is 18.0 Å². The Morgan fingerprint density at radius 1 is 1.12 bits per heavy atom. The number of likely N-dealkylation sites (tertiary alicyclic amines) is 1. The van der Waals surface area contributed by atoms with E-state index in [2.05, 4.69) is 0 Å². The molecular formula is C12H15NO2S. The zero-order chi connectivity index (χ0) is 11.2. The van der Waals surface area contributed by atoms with Gasteiger partial charge in [0.25, 0.3) is 0 Å². The van der Waals surface area contributed by atoms with E-state index in [0.717, 1.165) is 42.9 Å². The van der Waals surface area contributed by atoms with Crippen molar-refractivity contribution in [3.63, 3.8) is 0 Å². The van der Waals surface area contributed by atoms with Crippen molar-refractivity contribution < 1.29 is 8.98 Å². The molecule has 4 heteroatoms. The summed E-state index contributed by atoms with van der Waals surface area (Å²) in [5, 5.41) is 0. The number of nitrogens with zero attached hydrogens (tertiary/aromatic N) is 1. The van der Waals surface area contributed by atoms with E-state index in [1.54, 1.807) is 4.90 Å². The normalized spacial score (nSPS) is 15.9. The fourth-order valence-electron chi connectivity index (χ4n) is 1.69. The van der Waals surface area contributed by atoms with Crippen LogP contribution in [-0.4, -0.2) is 24.1 Å². The van der Waals surface area contributed by atoms with Crippen LogP contribution in [-0.2, 0) is 4.18 Å². The molecule has 1 aromatic carbocycles. The van der Waals surface area contributed by atoms with Crippen LogP contribution in [0.15, 0.2) is 35.2 Å². The Morgan fingerprint density at radius 2 is 1.81 bits per heavy atom. The number of rotatable bonds is 2. The third kappa shape index (κ3) is 3.17. The minimum atomic E-state index is -0.214. The van der Waals surface area contributed by atoms with E-state index in [-0.39, 0.29) is 6.09 Å². The molecule has 0 aromatic heterocycles. The molecule has 1 amide bonds. The highest BCUT2D eigenvalue weighted by molar-refractivity contribution is 7.95. The van der Waals surface area contributed by atoms with E-state index in [1.807, 2.05) is 30.3 Å². The van der Waals surface area contributed by atoms with Gasteiger partial charge in [0.05, 0.1) is 12.0 Å². The summed E-state index contributed by atoms with van der Waals surface area (Å²) in [5.41, 5.74) is 0. The zero-order valence-corrected chi connectivity index (χ0v) is 9.91. The van der Waals surface area contributed by atoms with Crippen LogP contribution in [0.25, 0.3) is 0 Å². The molecule has 0 spiro atoms. The Morgan fingerprint density at radius 3 is 2.50 bits per heavy atom. The highest BCUT2D eigenvalue weighted by Crippen LogP contribution is 2.20. The highest BCUT2D eigenvalue weighted by atomic mass is 32.2. The molecule has 0 unspecified atom stereocenters. The Bertz CT molecular complexity index is 336. The van der Waals surface area contributed by atoms with Crippen LogP contribution in [0.2, 0.25) is 0 Å². The summed E-state index contributed by atoms with van der Waals surface area (Å²) >= 11 is 1.13. The highest BCUT2D eigenvalue weighted by Gasteiger charge is 2.18. The Labute approximate surface area is 100.0 Å². The van der Waals surface area contributed by atoms with Crippen molar-refractivity contribution in [2.24, 2.45) is 0 Å². The molecule has 1 aromatic rings. The van der Waals surface area contributed by atoms with Crippen molar-refractivity contribution in [1.82, 2.24) is 4.90 Å². The summed E-state index contributed by atoms with van der Waals surface area (Å²) in [7, 11) is 0. The Balaban J connectivity index is 1.79. The number of hydrogen-bond donors (Lipinski definition) is 0. The molecule has 2 rings (SSSR count). The van der Waals surface area contributed by atoms with Crippen LogP contribution in [0, 0.1) is 0 Å². The lowest BCUT2D eigenvalue weighted by Crippen LogP contribution is -2.34. The summed E-state index contributed by atoms with van der Waals surface area (Å²) < 4.78 is 5.17. The first-order chi connectivity index (χ1) is 7.86. The van der Waals surface area contributed by atoms with Crippen molar-refractivity contribution in [3.8, 4) is 0 Å². The molecule has 3 nitrogen and oxygen atoms in total. The quantitative estimate of drug-likeness (QED) is 0.739. The Hall–Kier alpha value is -1.16. The smallest absolute Gasteiger partial charge is 0.370 e. The number of hydrogen-bond acceptors (Lipinski definition) is 3. The lowest BCUT2D eigenvalue weighted by Gasteiger charge is -2.25. The average Bonchev–Trinajstić information content (AvgIpc) is 2.38. The second-order valence-electron chi connectivity index (χ2n) is 3.79. The molecule has 0 aliphatic carbocycles. The largest absolute Gasteiger partial charge is 0.422 e. The van der Waals surface area contributed by atoms with Crippen molar-refractivity contribution in [2.75, 3.05) is 13.1 Å². The van der Waals surface area contributed by atoms with Gasteiger partial charge < -0.3 is 9.08 Å². The van der Waals surface area contributed by atoms with E-state index in [1.165, 1.54) is 6.42 Å². The second kappa shape index (κ2) is 5.80. The number of amides is 1. The van der Waals surface area contributed by atoms with E-state index < -0.39 is 0 Å². The molecule has 1 aliphatic rings. The zero-order valence-electron chi connectivity index (χ0n) is 9.09. The molecule has 0 N–H and O–H groups in total. The molecule has 0 saturated carbocycles. The van der Waals surface area contributed by atoms with Crippen LogP contribution < -0.4 is 0 Å². The monoisotopic (exact) mass is 237 g/mol. The maximum atomic E-state index is 11.7. The first-order valence-electron chi connectivity index (χ1n) is 5.55. The molecule has 0 bridgehead atoms. The van der Waals surface area contributed by atoms with Crippen LogP contribution in [0.3, 0.4) is 0 Å². The molecule has 1 heterocycles. The first kappa shape index (κ1) is 11.3. The topological polar surface area (TPSA) is 29.5 Å². The van der Waals surface area contributed by atoms with Gasteiger partial charge in [0.15, 0.2) is 0 Å². The maximum Gasteiger partial charge on any atom is 0.422 e. The minimum absolute atomic E-state index is 0.214. The third-order valence-electron chi connectivity index (χ3n) is 2.57. The van der Waals surface area contributed by atoms with E-state index >= 15 is 0 Å². The van der Waals surface area contributed by atoms with E-state index in [4.69, 9.17) is 4.18 Å². The van der Waals surface area contributed by atoms with Gasteiger partial charge in [-0.1, -0.05) is 18.2 Å². The van der Waals surface area contributed by atoms with Crippen LogP contribution in [0.4, 0.5) is 4.79 Å². The Kier molecular flexibility index (Phi) is 4.10. The van der Waals surface area contributed by atoms with Crippen LogP contribution in [0.1, 0.15) is 19.3 Å². The lowest BCUT2D eigenvalue weighted by molar-refractivity contribution is 0.150. The number of piperidine rings is 1. The van der Waals surface area contributed by atoms with Gasteiger partial charge in [-0.3, -0.25) is 0 Å². The van der Waals surface area contributed by atoms with Crippen molar-refractivity contribution in [1.29, 1.82) is 0 Å². The van der Waals surface area contributed by atoms with Crippen LogP contribution in [0.5, 0.6) is 0 Å². The van der Waals surface area contributed by atoms with Crippen molar-refractivity contribution in [2.45, 2.75) is 24.2 Å². The van der Waals surface area contributed by atoms with Crippen molar-refractivity contribution >= 4 is 18.1 Å². The predicted molar refractivity (Wildman–Crippen MR) is 64.2 cm³/mol. The lowest BCUT2D eigenvalue weighted by atomic mass is 10.1. The summed E-state index contributed by atoms with van der Waals surface area (Å²) in [6.07, 6.45) is 3.18. The molecule has 0 radical (unpaired) electrons. The summed E-state index contributed by atoms with van der Waals surface area (Å²) in [4.78, 5) is 14.4. The summed E-state index contributed by atoms with van der Waals surface area (Å²) in [6, 6.07) is 9.65. The van der Waals surface area contributed by atoms with Gasteiger partial charge in [0.2, 0.25) is 0 Å². The van der Waals surface area contributed by atoms with Gasteiger partial charge in [-0.05, 0) is 31.4 Å². The maximum absolute atomic E-state index is 11.7. The second-order valence-corrected chi connectivity index (χ2v) is 4.60. The molecule has 86 valence electrons. The first-order valence-corrected chi connectivity index (χ1v) is 6.29. The average molecular weight is 237 g/mol. The number of carbonyl (C=O) groups excluding carboxylic acids is 1. The van der Waals surface area contributed by atoms with E-state index in [9.17, 15) is 4.79 Å². The number of benzene rings is 1. The molecular weight excluding hydrogens is 222 g/mol. The summed E-state index contributed by atoms with van der Waals surface area (Å²) in [6.45, 7) is 1.66. The van der Waals surface area contributed by atoms with Gasteiger partial charge in [0.1, 0.15) is 0 Å². The number of carbonyl (C=O) groups is 1. The SMILES string of the molecule is O=C(OSc1ccccc1)N1CCCCC1. The fraction of sp³-hybridized carbons (Fsp3) is 0.417. The predicted octanol–water partition coefficient (Wildman–Crippen LogP) is 3.32. The van der Waals surface area contributed by atoms with Gasteiger partial charge in [-0.25, -0.2) is 4.79 Å². The van der Waals surface area contributed by atoms with Gasteiger partial charge in [-0.2, -0.15) is 0 Å². The third-order valence-corrected chi connectivity index (χ3v) is 3.26. The molecule has 0 atom stereocenters. The fourth-order valence-corrected chi connectivity index (χ4v) is 2.23. The van der Waals surface area contributed by atoms with Gasteiger partial charge >= 0.3 is 6.09 Å². The van der Waals surface area contributed by atoms with E-state index in [0.29, 0.717) is 0 Å². The molecule has 1 aliphatic heterocycles. The standard InChI is InChI=1S/C12H15NO2S/c14-12(13-9-5-2-6-10-13)15-16-11-7-3-1-4-8-11/h1,3-4,7-8H,2,5-6,9-10H2. The molecule has 1 saturated heterocycles. The molecule has 16 heavy (non-hydrogen) atoms. The molecule has 1 fully saturated rings.